The lowest BCUT2D eigenvalue weighted by atomic mass is 10.2. The molecule has 0 aliphatic carbocycles. The Kier molecular flexibility index (Phi) is 21.7. The van der Waals surface area contributed by atoms with Gasteiger partial charge in [-0.2, -0.15) is 35.3 Å². The zero-order chi connectivity index (χ0) is 33.0. The minimum atomic E-state index is -0.00950. The van der Waals surface area contributed by atoms with Gasteiger partial charge in [0.25, 0.3) is 0 Å². The Morgan fingerprint density at radius 1 is 0.488 bits per heavy atom. The number of thioether (sulfide) groups is 3. The third-order valence-electron chi connectivity index (χ3n) is 5.18. The zero-order valence-electron chi connectivity index (χ0n) is 29.8. The smallest absolute Gasteiger partial charge is 0.0598 e. The molecule has 2 aromatic rings. The fourth-order valence-corrected chi connectivity index (χ4v) is 5.47. The summed E-state index contributed by atoms with van der Waals surface area (Å²) in [5.41, 5.74) is 4.10. The van der Waals surface area contributed by atoms with E-state index in [4.69, 9.17) is 14.2 Å². The molecular formula is C37H64O3S3. The summed E-state index contributed by atoms with van der Waals surface area (Å²) in [6.07, 6.45) is 0. The SMILES string of the molecule is CC(C)(C)OCCSC(C)(C)C.CC(C)(C)OCCSCc1ccccc1.Cc1ccc(CSCCOC(C)(C)C)cc1. The summed E-state index contributed by atoms with van der Waals surface area (Å²) in [7, 11) is 0. The van der Waals surface area contributed by atoms with Gasteiger partial charge in [0.2, 0.25) is 0 Å². The van der Waals surface area contributed by atoms with Crippen molar-refractivity contribution in [3.8, 4) is 0 Å². The molecule has 43 heavy (non-hydrogen) atoms. The third kappa shape index (κ3) is 32.6. The first-order valence-corrected chi connectivity index (χ1v) is 18.9. The Labute approximate surface area is 279 Å². The first kappa shape index (κ1) is 42.4. The van der Waals surface area contributed by atoms with E-state index in [0.29, 0.717) is 4.75 Å². The van der Waals surface area contributed by atoms with Crippen LogP contribution < -0.4 is 0 Å². The van der Waals surface area contributed by atoms with E-state index in [0.717, 1.165) is 48.6 Å². The summed E-state index contributed by atoms with van der Waals surface area (Å²) < 4.78 is 17.3. The predicted molar refractivity (Wildman–Crippen MR) is 199 cm³/mol. The molecular weight excluding hydrogens is 589 g/mol. The maximum atomic E-state index is 5.67. The summed E-state index contributed by atoms with van der Waals surface area (Å²) in [5.74, 6) is 5.36. The van der Waals surface area contributed by atoms with Crippen LogP contribution in [0, 0.1) is 6.92 Å². The van der Waals surface area contributed by atoms with Gasteiger partial charge in [0.05, 0.1) is 36.6 Å². The summed E-state index contributed by atoms with van der Waals surface area (Å²) in [4.78, 5) is 0. The molecule has 0 aliphatic rings. The highest BCUT2D eigenvalue weighted by molar-refractivity contribution is 8.00. The van der Waals surface area contributed by atoms with E-state index in [1.807, 2.05) is 35.3 Å². The van der Waals surface area contributed by atoms with Gasteiger partial charge < -0.3 is 14.2 Å². The maximum Gasteiger partial charge on any atom is 0.0598 e. The summed E-state index contributed by atoms with van der Waals surface area (Å²) in [5, 5.41) is 0. The van der Waals surface area contributed by atoms with Gasteiger partial charge in [-0.25, -0.2) is 0 Å². The minimum absolute atomic E-state index is 0.00664. The lowest BCUT2D eigenvalue weighted by Gasteiger charge is -2.22. The van der Waals surface area contributed by atoms with Crippen molar-refractivity contribution in [2.24, 2.45) is 0 Å². The second-order valence-electron chi connectivity index (χ2n) is 14.4. The summed E-state index contributed by atoms with van der Waals surface area (Å²) >= 11 is 5.80. The van der Waals surface area contributed by atoms with Crippen molar-refractivity contribution >= 4 is 35.3 Å². The Bertz CT molecular complexity index is 903. The Morgan fingerprint density at radius 2 is 0.860 bits per heavy atom. The van der Waals surface area contributed by atoms with Crippen LogP contribution in [0.15, 0.2) is 54.6 Å². The molecule has 0 aromatic heterocycles. The van der Waals surface area contributed by atoms with Crippen LogP contribution in [0.3, 0.4) is 0 Å². The van der Waals surface area contributed by atoms with Gasteiger partial charge in [-0.3, -0.25) is 0 Å². The van der Waals surface area contributed by atoms with Gasteiger partial charge in [-0.15, -0.1) is 0 Å². The second kappa shape index (κ2) is 22.0. The van der Waals surface area contributed by atoms with E-state index in [1.54, 1.807) is 0 Å². The van der Waals surface area contributed by atoms with E-state index >= 15 is 0 Å². The number of hydrogen-bond donors (Lipinski definition) is 0. The van der Waals surface area contributed by atoms with Gasteiger partial charge in [0.1, 0.15) is 0 Å². The molecule has 0 heterocycles. The van der Waals surface area contributed by atoms with E-state index in [1.165, 1.54) is 16.7 Å². The van der Waals surface area contributed by atoms with Gasteiger partial charge >= 0.3 is 0 Å². The molecule has 0 spiro atoms. The highest BCUT2D eigenvalue weighted by Crippen LogP contribution is 2.23. The molecule has 0 aliphatic heterocycles. The number of aryl methyl sites for hydroxylation is 1. The second-order valence-corrected chi connectivity index (χ2v) is 18.6. The molecule has 2 aromatic carbocycles. The number of rotatable bonds is 13. The normalized spacial score (nSPS) is 12.2. The van der Waals surface area contributed by atoms with Gasteiger partial charge in [0.15, 0.2) is 0 Å². The van der Waals surface area contributed by atoms with E-state index in [2.05, 4.69) is 145 Å². The van der Waals surface area contributed by atoms with Crippen LogP contribution in [-0.4, -0.2) is 58.6 Å². The largest absolute Gasteiger partial charge is 0.375 e. The van der Waals surface area contributed by atoms with Gasteiger partial charge in [-0.05, 0) is 80.4 Å². The fraction of sp³-hybridized carbons (Fsp3) is 0.676. The van der Waals surface area contributed by atoms with Gasteiger partial charge in [0, 0.05) is 33.5 Å². The molecule has 3 nitrogen and oxygen atoms in total. The van der Waals surface area contributed by atoms with Crippen molar-refractivity contribution in [1.29, 1.82) is 0 Å². The predicted octanol–water partition coefficient (Wildman–Crippen LogP) is 11.1. The highest BCUT2D eigenvalue weighted by Gasteiger charge is 2.13. The third-order valence-corrected chi connectivity index (χ3v) is 8.40. The van der Waals surface area contributed by atoms with Crippen LogP contribution in [0.1, 0.15) is 99.8 Å². The minimum Gasteiger partial charge on any atom is -0.375 e. The molecule has 0 N–H and O–H groups in total. The Morgan fingerprint density at radius 3 is 1.23 bits per heavy atom. The van der Waals surface area contributed by atoms with Crippen LogP contribution in [-0.2, 0) is 25.7 Å². The van der Waals surface area contributed by atoms with Crippen LogP contribution in [0.5, 0.6) is 0 Å². The zero-order valence-corrected chi connectivity index (χ0v) is 32.3. The topological polar surface area (TPSA) is 27.7 Å². The quantitative estimate of drug-likeness (QED) is 0.200. The standard InChI is InChI=1S/C14H22OS.C13H20OS.C10H22OS/c1-12-5-7-13(8-6-12)11-16-10-9-15-14(2,3)4;1-13(2,3)14-9-10-15-11-12-7-5-4-6-8-12;1-9(2,3)11-7-8-12-10(4,5)6/h5-8H,9-11H2,1-4H3;4-8H,9-11H2,1-3H3;7-8H2,1-6H3. The first-order valence-electron chi connectivity index (χ1n) is 15.6. The monoisotopic (exact) mass is 652 g/mol. The van der Waals surface area contributed by atoms with E-state index in [9.17, 15) is 0 Å². The van der Waals surface area contributed by atoms with Crippen molar-refractivity contribution in [2.75, 3.05) is 37.1 Å². The van der Waals surface area contributed by atoms with Crippen LogP contribution in [0.2, 0.25) is 0 Å². The molecule has 0 saturated carbocycles. The molecule has 0 fully saturated rings. The number of benzene rings is 2. The number of hydrogen-bond acceptors (Lipinski definition) is 6. The summed E-state index contributed by atoms with van der Waals surface area (Å²) in [6.45, 7) is 30.2. The molecule has 0 saturated heterocycles. The number of ether oxygens (including phenoxy) is 3. The van der Waals surface area contributed by atoms with E-state index in [-0.39, 0.29) is 16.8 Å². The van der Waals surface area contributed by atoms with Crippen molar-refractivity contribution in [1.82, 2.24) is 0 Å². The molecule has 0 amide bonds. The molecule has 2 rings (SSSR count). The van der Waals surface area contributed by atoms with Crippen LogP contribution in [0.4, 0.5) is 0 Å². The van der Waals surface area contributed by atoms with Crippen molar-refractivity contribution in [2.45, 2.75) is 123 Å². The van der Waals surface area contributed by atoms with Crippen LogP contribution >= 0.6 is 35.3 Å². The van der Waals surface area contributed by atoms with Gasteiger partial charge in [-0.1, -0.05) is 80.9 Å². The first-order chi connectivity index (χ1) is 19.8. The highest BCUT2D eigenvalue weighted by atomic mass is 32.2. The molecule has 0 bridgehead atoms. The Balaban J connectivity index is 0.000000623. The van der Waals surface area contributed by atoms with Crippen LogP contribution in [0.25, 0.3) is 0 Å². The van der Waals surface area contributed by atoms with E-state index < -0.39 is 0 Å². The Hall–Kier alpha value is -0.630. The average Bonchev–Trinajstić information content (AvgIpc) is 2.86. The molecule has 6 heteroatoms. The molecule has 0 atom stereocenters. The maximum absolute atomic E-state index is 5.67. The lowest BCUT2D eigenvalue weighted by molar-refractivity contribution is 0.00651. The molecule has 0 radical (unpaired) electrons. The molecule has 248 valence electrons. The summed E-state index contributed by atoms with van der Waals surface area (Å²) in [6, 6.07) is 19.3. The van der Waals surface area contributed by atoms with Crippen molar-refractivity contribution in [3.63, 3.8) is 0 Å². The lowest BCUT2D eigenvalue weighted by Crippen LogP contribution is -2.21. The van der Waals surface area contributed by atoms with Crippen molar-refractivity contribution in [3.05, 3.63) is 71.3 Å². The molecule has 0 unspecified atom stereocenters. The average molecular weight is 653 g/mol. The fourth-order valence-electron chi connectivity index (χ4n) is 3.15. The van der Waals surface area contributed by atoms with Crippen molar-refractivity contribution < 1.29 is 14.2 Å².